The van der Waals surface area contributed by atoms with Gasteiger partial charge in [-0.25, -0.2) is 4.79 Å². The Labute approximate surface area is 132 Å². The molecule has 1 unspecified atom stereocenters. The number of hydrogen-bond acceptors (Lipinski definition) is 3. The second kappa shape index (κ2) is 7.04. The van der Waals surface area contributed by atoms with Crippen molar-refractivity contribution in [2.45, 2.75) is 12.5 Å². The minimum Gasteiger partial charge on any atom is -0.480 e. The van der Waals surface area contributed by atoms with E-state index in [4.69, 9.17) is 16.7 Å². The minimum atomic E-state index is -1.06. The molecule has 0 spiro atoms. The van der Waals surface area contributed by atoms with E-state index < -0.39 is 5.97 Å². The predicted octanol–water partition coefficient (Wildman–Crippen LogP) is 2.79. The second-order valence-electron chi connectivity index (χ2n) is 4.87. The summed E-state index contributed by atoms with van der Waals surface area (Å²) in [7, 11) is 1.72. The molecule has 1 heterocycles. The van der Waals surface area contributed by atoms with Crippen molar-refractivity contribution in [1.82, 2.24) is 4.90 Å². The minimum absolute atomic E-state index is 0.151. The van der Waals surface area contributed by atoms with Crippen LogP contribution < -0.4 is 4.90 Å². The summed E-state index contributed by atoms with van der Waals surface area (Å²) in [6.07, 6.45) is 0.934. The number of nitrogens with zero attached hydrogens (tertiary/aromatic N) is 2. The Morgan fingerprint density at radius 3 is 2.81 bits per heavy atom. The van der Waals surface area contributed by atoms with Crippen LogP contribution in [0.3, 0.4) is 0 Å². The molecule has 21 heavy (non-hydrogen) atoms. The van der Waals surface area contributed by atoms with Crippen LogP contribution >= 0.6 is 23.4 Å². The number of anilines is 1. The summed E-state index contributed by atoms with van der Waals surface area (Å²) in [4.78, 5) is 26.6. The lowest BCUT2D eigenvalue weighted by Gasteiger charge is -2.30. The van der Waals surface area contributed by atoms with Gasteiger partial charge in [0.15, 0.2) is 0 Å². The number of carbonyl (C=O) groups excluding carboxylic acids is 1. The molecule has 0 saturated carbocycles. The van der Waals surface area contributed by atoms with Gasteiger partial charge in [-0.1, -0.05) is 17.7 Å². The Morgan fingerprint density at radius 2 is 2.24 bits per heavy atom. The van der Waals surface area contributed by atoms with Gasteiger partial charge in [0.25, 0.3) is 0 Å². The molecule has 1 aliphatic heterocycles. The van der Waals surface area contributed by atoms with Crippen molar-refractivity contribution < 1.29 is 14.7 Å². The molecule has 1 atom stereocenters. The van der Waals surface area contributed by atoms with Crippen LogP contribution in [0, 0.1) is 0 Å². The molecule has 0 radical (unpaired) electrons. The third-order valence-corrected chi connectivity index (χ3v) is 4.78. The van der Waals surface area contributed by atoms with E-state index in [1.54, 1.807) is 48.0 Å². The lowest BCUT2D eigenvalue weighted by Crippen LogP contribution is -2.48. The van der Waals surface area contributed by atoms with E-state index in [1.165, 1.54) is 4.90 Å². The van der Waals surface area contributed by atoms with Crippen LogP contribution in [0.1, 0.15) is 6.42 Å². The van der Waals surface area contributed by atoms with Crippen LogP contribution in [-0.2, 0) is 4.79 Å². The number of hydrogen-bond donors (Lipinski definition) is 1. The third kappa shape index (κ3) is 4.04. The Balaban J connectivity index is 2.22. The SMILES string of the molecule is CN(C(=O)N(CC(=O)O)c1cccc(Cl)c1)C1CCSC1. The summed E-state index contributed by atoms with van der Waals surface area (Å²) in [6.45, 7) is -0.386. The van der Waals surface area contributed by atoms with Gasteiger partial charge in [0.2, 0.25) is 0 Å². The molecule has 2 rings (SSSR count). The predicted molar refractivity (Wildman–Crippen MR) is 85.3 cm³/mol. The zero-order valence-corrected chi connectivity index (χ0v) is 13.2. The normalized spacial score (nSPS) is 17.5. The summed E-state index contributed by atoms with van der Waals surface area (Å²) >= 11 is 7.74. The quantitative estimate of drug-likeness (QED) is 0.923. The highest BCUT2D eigenvalue weighted by molar-refractivity contribution is 7.99. The lowest BCUT2D eigenvalue weighted by molar-refractivity contribution is -0.135. The molecule has 1 aromatic rings. The van der Waals surface area contributed by atoms with E-state index in [-0.39, 0.29) is 18.6 Å². The Hall–Kier alpha value is -1.40. The topological polar surface area (TPSA) is 60.9 Å². The fraction of sp³-hybridized carbons (Fsp3) is 0.429. The molecule has 114 valence electrons. The summed E-state index contributed by atoms with van der Waals surface area (Å²) in [5.41, 5.74) is 0.493. The highest BCUT2D eigenvalue weighted by Crippen LogP contribution is 2.25. The van der Waals surface area contributed by atoms with Gasteiger partial charge in [0.1, 0.15) is 6.54 Å². The van der Waals surface area contributed by atoms with Crippen molar-refractivity contribution in [3.8, 4) is 0 Å². The van der Waals surface area contributed by atoms with Gasteiger partial charge >= 0.3 is 12.0 Å². The van der Waals surface area contributed by atoms with E-state index in [2.05, 4.69) is 0 Å². The number of benzene rings is 1. The Kier molecular flexibility index (Phi) is 5.36. The number of carbonyl (C=O) groups is 2. The number of aliphatic carboxylic acids is 1. The highest BCUT2D eigenvalue weighted by Gasteiger charge is 2.29. The zero-order chi connectivity index (χ0) is 15.4. The van der Waals surface area contributed by atoms with Crippen molar-refractivity contribution in [2.24, 2.45) is 0 Å². The number of urea groups is 1. The van der Waals surface area contributed by atoms with E-state index in [0.717, 1.165) is 17.9 Å². The van der Waals surface area contributed by atoms with Crippen LogP contribution in [-0.4, -0.2) is 53.1 Å². The molecule has 0 aromatic heterocycles. The maximum absolute atomic E-state index is 12.6. The maximum atomic E-state index is 12.6. The Bertz CT molecular complexity index is 535. The first-order valence-corrected chi connectivity index (χ1v) is 8.11. The van der Waals surface area contributed by atoms with E-state index >= 15 is 0 Å². The second-order valence-corrected chi connectivity index (χ2v) is 6.46. The molecule has 0 aliphatic carbocycles. The molecule has 1 aliphatic rings. The third-order valence-electron chi connectivity index (χ3n) is 3.40. The molecule has 5 nitrogen and oxygen atoms in total. The average Bonchev–Trinajstić information content (AvgIpc) is 2.97. The van der Waals surface area contributed by atoms with Crippen LogP contribution in [0.5, 0.6) is 0 Å². The van der Waals surface area contributed by atoms with Crippen LogP contribution in [0.25, 0.3) is 0 Å². The fourth-order valence-corrected chi connectivity index (χ4v) is 3.68. The van der Waals surface area contributed by atoms with E-state index in [9.17, 15) is 9.59 Å². The molecule has 1 aromatic carbocycles. The van der Waals surface area contributed by atoms with Crippen molar-refractivity contribution in [3.05, 3.63) is 29.3 Å². The van der Waals surface area contributed by atoms with E-state index in [1.807, 2.05) is 0 Å². The molecule has 7 heteroatoms. The first-order valence-electron chi connectivity index (χ1n) is 6.58. The standard InChI is InChI=1S/C14H17ClN2O3S/c1-16(12-5-6-21-9-12)14(20)17(8-13(18)19)11-4-2-3-10(15)7-11/h2-4,7,12H,5-6,8-9H2,1H3,(H,18,19). The summed E-state index contributed by atoms with van der Waals surface area (Å²) in [6, 6.07) is 6.51. The van der Waals surface area contributed by atoms with Gasteiger partial charge in [-0.15, -0.1) is 0 Å². The largest absolute Gasteiger partial charge is 0.480 e. The van der Waals surface area contributed by atoms with Crippen molar-refractivity contribution >= 4 is 41.1 Å². The molecule has 1 N–H and O–H groups in total. The number of halogens is 1. The van der Waals surface area contributed by atoms with E-state index in [0.29, 0.717) is 10.7 Å². The fourth-order valence-electron chi connectivity index (χ4n) is 2.22. The van der Waals surface area contributed by atoms with Gasteiger partial charge in [0.05, 0.1) is 0 Å². The van der Waals surface area contributed by atoms with Gasteiger partial charge in [-0.3, -0.25) is 9.69 Å². The molecule has 1 saturated heterocycles. The van der Waals surface area contributed by atoms with Crippen LogP contribution in [0.15, 0.2) is 24.3 Å². The van der Waals surface area contributed by atoms with Crippen molar-refractivity contribution in [2.75, 3.05) is 30.0 Å². The smallest absolute Gasteiger partial charge is 0.325 e. The highest BCUT2D eigenvalue weighted by atomic mass is 35.5. The van der Waals surface area contributed by atoms with Gasteiger partial charge in [0, 0.05) is 29.6 Å². The number of carboxylic acids is 1. The lowest BCUT2D eigenvalue weighted by atomic mass is 10.2. The molecular weight excluding hydrogens is 312 g/mol. The van der Waals surface area contributed by atoms with Gasteiger partial charge < -0.3 is 10.0 Å². The number of carboxylic acid groups (broad SMARTS) is 1. The maximum Gasteiger partial charge on any atom is 0.325 e. The number of amides is 2. The summed E-state index contributed by atoms with van der Waals surface area (Å²) in [5, 5.41) is 9.53. The van der Waals surface area contributed by atoms with Crippen molar-refractivity contribution in [1.29, 1.82) is 0 Å². The monoisotopic (exact) mass is 328 g/mol. The van der Waals surface area contributed by atoms with Crippen LogP contribution in [0.4, 0.5) is 10.5 Å². The number of rotatable bonds is 4. The van der Waals surface area contributed by atoms with Crippen molar-refractivity contribution in [3.63, 3.8) is 0 Å². The van der Waals surface area contributed by atoms with Gasteiger partial charge in [-0.2, -0.15) is 11.8 Å². The first kappa shape index (κ1) is 16.0. The number of thioether (sulfide) groups is 1. The average molecular weight is 329 g/mol. The molecule has 2 amide bonds. The molecule has 0 bridgehead atoms. The molecular formula is C14H17ClN2O3S. The van der Waals surface area contributed by atoms with Gasteiger partial charge in [-0.05, 0) is 30.4 Å². The zero-order valence-electron chi connectivity index (χ0n) is 11.7. The summed E-state index contributed by atoms with van der Waals surface area (Å²) < 4.78 is 0. The van der Waals surface area contributed by atoms with Crippen LogP contribution in [0.2, 0.25) is 5.02 Å². The molecule has 1 fully saturated rings. The first-order chi connectivity index (χ1) is 9.99. The summed E-state index contributed by atoms with van der Waals surface area (Å²) in [5.74, 6) is 0.856. The Morgan fingerprint density at radius 1 is 1.48 bits per heavy atom.